The number of fused-ring (bicyclic) bond motifs is 5. The van der Waals surface area contributed by atoms with Crippen LogP contribution in [-0.4, -0.2) is 60.9 Å². The summed E-state index contributed by atoms with van der Waals surface area (Å²) < 4.78 is 46.1. The zero-order valence-corrected chi connectivity index (χ0v) is 26.3. The first-order valence-corrected chi connectivity index (χ1v) is 15.5. The van der Waals surface area contributed by atoms with E-state index in [0.29, 0.717) is 13.2 Å². The van der Waals surface area contributed by atoms with Gasteiger partial charge in [-0.1, -0.05) is 81.4 Å². The highest BCUT2D eigenvalue weighted by molar-refractivity contribution is 5.19. The van der Waals surface area contributed by atoms with Gasteiger partial charge in [0.2, 0.25) is 0 Å². The van der Waals surface area contributed by atoms with Crippen molar-refractivity contribution in [3.05, 3.63) is 71.8 Å². The maximum Gasteiger partial charge on any atom is 0.192 e. The zero-order chi connectivity index (χ0) is 29.9. The summed E-state index contributed by atoms with van der Waals surface area (Å²) in [5, 5.41) is 0. The molecule has 7 nitrogen and oxygen atoms in total. The van der Waals surface area contributed by atoms with Crippen molar-refractivity contribution in [1.82, 2.24) is 0 Å². The smallest absolute Gasteiger partial charge is 0.192 e. The van der Waals surface area contributed by atoms with Crippen LogP contribution in [0.15, 0.2) is 60.7 Å². The van der Waals surface area contributed by atoms with E-state index in [0.717, 1.165) is 11.1 Å². The summed E-state index contributed by atoms with van der Waals surface area (Å²) in [6.07, 6.45) is -0.788. The molecule has 4 aliphatic heterocycles. The second kappa shape index (κ2) is 11.3. The van der Waals surface area contributed by atoms with Gasteiger partial charge in [0.1, 0.15) is 11.7 Å². The molecule has 230 valence electrons. The van der Waals surface area contributed by atoms with Crippen LogP contribution < -0.4 is 0 Å². The first kappa shape index (κ1) is 30.2. The fourth-order valence-electron chi connectivity index (χ4n) is 8.30. The van der Waals surface area contributed by atoms with Gasteiger partial charge in [-0.3, -0.25) is 0 Å². The van der Waals surface area contributed by atoms with Crippen LogP contribution in [0, 0.1) is 23.7 Å². The highest BCUT2D eigenvalue weighted by atomic mass is 16.7. The third-order valence-electron chi connectivity index (χ3n) is 10.3. The summed E-state index contributed by atoms with van der Waals surface area (Å²) in [7, 11) is 1.70. The van der Waals surface area contributed by atoms with Crippen LogP contribution in [0.4, 0.5) is 0 Å². The summed E-state index contributed by atoms with van der Waals surface area (Å²) in [5.74, 6) is -1.28. The van der Waals surface area contributed by atoms with Gasteiger partial charge in [0.25, 0.3) is 0 Å². The molecule has 0 spiro atoms. The van der Waals surface area contributed by atoms with Gasteiger partial charge >= 0.3 is 0 Å². The lowest BCUT2D eigenvalue weighted by Crippen LogP contribution is -2.65. The van der Waals surface area contributed by atoms with Crippen molar-refractivity contribution in [3.63, 3.8) is 0 Å². The van der Waals surface area contributed by atoms with Crippen molar-refractivity contribution in [2.24, 2.45) is 23.7 Å². The summed E-state index contributed by atoms with van der Waals surface area (Å²) in [6, 6.07) is 20.6. The number of ether oxygens (including phenoxy) is 7. The van der Waals surface area contributed by atoms with Crippen molar-refractivity contribution in [2.45, 2.75) is 115 Å². The van der Waals surface area contributed by atoms with Gasteiger partial charge < -0.3 is 33.2 Å². The summed E-state index contributed by atoms with van der Waals surface area (Å²) in [4.78, 5) is 0. The quantitative estimate of drug-likeness (QED) is 0.353. The van der Waals surface area contributed by atoms with Crippen LogP contribution in [0.2, 0.25) is 0 Å². The van der Waals surface area contributed by atoms with Crippen molar-refractivity contribution < 1.29 is 33.2 Å². The van der Waals surface area contributed by atoms with Gasteiger partial charge in [-0.25, -0.2) is 0 Å². The second-order valence-electron chi connectivity index (χ2n) is 13.7. The van der Waals surface area contributed by atoms with Crippen LogP contribution >= 0.6 is 0 Å². The van der Waals surface area contributed by atoms with E-state index >= 15 is 0 Å². The molecular weight excluding hydrogens is 532 g/mol. The van der Waals surface area contributed by atoms with Crippen LogP contribution in [0.5, 0.6) is 0 Å². The molecule has 4 fully saturated rings. The van der Waals surface area contributed by atoms with Gasteiger partial charge in [-0.05, 0) is 38.8 Å². The van der Waals surface area contributed by atoms with E-state index in [1.54, 1.807) is 7.11 Å². The Morgan fingerprint density at radius 1 is 0.714 bits per heavy atom. The Morgan fingerprint density at radius 2 is 1.29 bits per heavy atom. The van der Waals surface area contributed by atoms with Crippen molar-refractivity contribution in [1.29, 1.82) is 0 Å². The van der Waals surface area contributed by atoms with Crippen LogP contribution in [0.1, 0.15) is 59.6 Å². The Labute approximate surface area is 251 Å². The predicted octanol–water partition coefficient (Wildman–Crippen LogP) is 6.13. The molecule has 4 saturated heterocycles. The minimum Gasteiger partial charge on any atom is -0.370 e. The minimum absolute atomic E-state index is 0.0397. The molecule has 4 aliphatic rings. The van der Waals surface area contributed by atoms with Crippen molar-refractivity contribution >= 4 is 0 Å². The minimum atomic E-state index is -0.867. The lowest BCUT2D eigenvalue weighted by Gasteiger charge is -2.53. The molecule has 42 heavy (non-hydrogen) atoms. The fraction of sp³-hybridized carbons (Fsp3) is 0.657. The second-order valence-corrected chi connectivity index (χ2v) is 13.7. The molecule has 2 bridgehead atoms. The van der Waals surface area contributed by atoms with E-state index in [9.17, 15) is 0 Å². The topological polar surface area (TPSA) is 64.6 Å². The number of methoxy groups -OCH3 is 1. The Kier molecular flexibility index (Phi) is 8.10. The molecule has 4 heterocycles. The van der Waals surface area contributed by atoms with Gasteiger partial charge in [0.05, 0.1) is 43.7 Å². The maximum absolute atomic E-state index is 6.83. The monoisotopic (exact) mass is 580 g/mol. The summed E-state index contributed by atoms with van der Waals surface area (Å²) >= 11 is 0. The van der Waals surface area contributed by atoms with Crippen LogP contribution in [0.3, 0.4) is 0 Å². The van der Waals surface area contributed by atoms with E-state index in [4.69, 9.17) is 33.2 Å². The third-order valence-corrected chi connectivity index (χ3v) is 10.3. The first-order chi connectivity index (χ1) is 20.0. The molecule has 0 saturated carbocycles. The van der Waals surface area contributed by atoms with E-state index in [1.807, 2.05) is 57.2 Å². The molecule has 12 atom stereocenters. The normalized spacial score (nSPS) is 42.9. The Bertz CT molecular complexity index is 1210. The molecule has 0 amide bonds. The van der Waals surface area contributed by atoms with Crippen LogP contribution in [-0.2, 0) is 46.4 Å². The fourth-order valence-corrected chi connectivity index (χ4v) is 8.30. The Balaban J connectivity index is 1.22. The predicted molar refractivity (Wildman–Crippen MR) is 158 cm³/mol. The number of benzene rings is 2. The molecule has 0 N–H and O–H groups in total. The first-order valence-electron chi connectivity index (χ1n) is 15.5. The van der Waals surface area contributed by atoms with Crippen LogP contribution in [0.25, 0.3) is 0 Å². The van der Waals surface area contributed by atoms with Crippen molar-refractivity contribution in [2.75, 3.05) is 7.11 Å². The van der Waals surface area contributed by atoms with E-state index in [1.165, 1.54) is 0 Å². The number of rotatable bonds is 9. The molecule has 6 rings (SSSR count). The molecule has 7 heteroatoms. The highest BCUT2D eigenvalue weighted by Gasteiger charge is 2.72. The van der Waals surface area contributed by atoms with Gasteiger partial charge in [-0.2, -0.15) is 0 Å². The highest BCUT2D eigenvalue weighted by Crippen LogP contribution is 2.59. The Hall–Kier alpha value is -1.84. The SMILES string of the molecule is CO[C@]1(C)O[C@@H]([C@@H](C)[C@H]2OC(C)(C)O[C@@H]3[C@H]2[C@@H]2O[C@@]3(C)[C@@H](OCc3ccccc3)[C@@H]2C)[C@@H](C)[C@@H]1OCc1ccccc1. The number of hydrogen-bond acceptors (Lipinski definition) is 7. The zero-order valence-electron chi connectivity index (χ0n) is 26.3. The van der Waals surface area contributed by atoms with Gasteiger partial charge in [0.15, 0.2) is 11.6 Å². The average molecular weight is 581 g/mol. The molecule has 0 unspecified atom stereocenters. The third kappa shape index (κ3) is 5.15. The largest absolute Gasteiger partial charge is 0.370 e. The summed E-state index contributed by atoms with van der Waals surface area (Å²) in [5.41, 5.74) is 1.71. The van der Waals surface area contributed by atoms with Crippen molar-refractivity contribution in [3.8, 4) is 0 Å². The molecule has 0 radical (unpaired) electrons. The lowest BCUT2D eigenvalue weighted by atomic mass is 9.66. The molecule has 0 aliphatic carbocycles. The average Bonchev–Trinajstić information content (AvgIpc) is 3.52. The molecule has 2 aromatic carbocycles. The van der Waals surface area contributed by atoms with E-state index in [-0.39, 0.29) is 60.3 Å². The van der Waals surface area contributed by atoms with Gasteiger partial charge in [0, 0.05) is 30.8 Å². The molecule has 0 aromatic heterocycles. The van der Waals surface area contributed by atoms with E-state index < -0.39 is 17.2 Å². The van der Waals surface area contributed by atoms with Gasteiger partial charge in [-0.15, -0.1) is 0 Å². The van der Waals surface area contributed by atoms with E-state index in [2.05, 4.69) is 52.0 Å². The molecular formula is C35H48O7. The number of hydrogen-bond donors (Lipinski definition) is 0. The Morgan fingerprint density at radius 3 is 1.86 bits per heavy atom. The summed E-state index contributed by atoms with van der Waals surface area (Å²) in [6.45, 7) is 15.9. The maximum atomic E-state index is 6.83. The molecule has 2 aromatic rings. The lowest BCUT2D eigenvalue weighted by molar-refractivity contribution is -0.350. The standard InChI is InChI=1S/C35H48O7/c1-21(27-22(2)31(35(7,36-8)41-27)38-20-25-17-13-10-14-18-25)28-26-29-23(3)30(37-19-24-15-11-9-12-16-24)34(6,40-29)32(26)42-33(4,5)39-28/h9-18,21-23,26-32H,19-20H2,1-8H3/t21-,22-,23-,26-,27+,28-,29-,30+,31+,32-,34+,35-/m1/s1.